The summed E-state index contributed by atoms with van der Waals surface area (Å²) in [7, 11) is 0. The van der Waals surface area contributed by atoms with Gasteiger partial charge in [-0.25, -0.2) is 9.59 Å². The van der Waals surface area contributed by atoms with Crippen molar-refractivity contribution >= 4 is 79.7 Å². The number of nitrogens with two attached hydrogens (primary N) is 1. The van der Waals surface area contributed by atoms with Gasteiger partial charge in [0.1, 0.15) is 11.2 Å². The first kappa shape index (κ1) is 43.7. The number of carboxylic acid groups (broad SMARTS) is 1. The molecule has 0 bridgehead atoms. The van der Waals surface area contributed by atoms with Gasteiger partial charge in [0.05, 0.1) is 24.9 Å². The largest absolute Gasteiger partial charge is 0.481 e. The van der Waals surface area contributed by atoms with Crippen molar-refractivity contribution in [1.82, 2.24) is 20.6 Å². The highest BCUT2D eigenvalue weighted by Crippen LogP contribution is 2.24. The van der Waals surface area contributed by atoms with Crippen molar-refractivity contribution in [3.8, 4) is 0 Å². The molecular formula is C42H48N6O7S2. The van der Waals surface area contributed by atoms with Crippen molar-refractivity contribution in [3.63, 3.8) is 0 Å². The number of anilines is 2. The van der Waals surface area contributed by atoms with Gasteiger partial charge >= 0.3 is 18.2 Å². The fraction of sp³-hybridized carbons (Fsp3) is 0.286. The summed E-state index contributed by atoms with van der Waals surface area (Å²) in [5.41, 5.74) is 7.53. The van der Waals surface area contributed by atoms with Crippen LogP contribution in [0.2, 0.25) is 0 Å². The molecule has 300 valence electrons. The number of alkyl carbamates (subject to hydrolysis) is 2. The van der Waals surface area contributed by atoms with Gasteiger partial charge in [-0.2, -0.15) is 22.7 Å². The summed E-state index contributed by atoms with van der Waals surface area (Å²) in [6.07, 6.45) is 5.86. The lowest BCUT2D eigenvalue weighted by Crippen LogP contribution is -2.36. The van der Waals surface area contributed by atoms with Crippen LogP contribution in [0.4, 0.5) is 21.0 Å². The molecule has 13 nitrogen and oxygen atoms in total. The van der Waals surface area contributed by atoms with E-state index in [1.807, 2.05) is 82.3 Å². The minimum atomic E-state index is -0.970. The van der Waals surface area contributed by atoms with Gasteiger partial charge in [0.25, 0.3) is 0 Å². The fourth-order valence-corrected chi connectivity index (χ4v) is 6.61. The average molecular weight is 813 g/mol. The van der Waals surface area contributed by atoms with E-state index in [0.717, 1.165) is 38.4 Å². The zero-order valence-corrected chi connectivity index (χ0v) is 34.3. The highest BCUT2D eigenvalue weighted by molar-refractivity contribution is 7.08. The van der Waals surface area contributed by atoms with Crippen LogP contribution in [0.1, 0.15) is 77.6 Å². The molecule has 2 unspecified atom stereocenters. The number of hydrogen-bond acceptors (Lipinski definition) is 11. The van der Waals surface area contributed by atoms with Crippen LogP contribution >= 0.6 is 22.7 Å². The van der Waals surface area contributed by atoms with Gasteiger partial charge in [-0.15, -0.1) is 0 Å². The molecule has 6 rings (SSSR count). The number of rotatable bonds is 9. The van der Waals surface area contributed by atoms with E-state index in [4.69, 9.17) is 20.3 Å². The molecule has 4 aromatic heterocycles. The summed E-state index contributed by atoms with van der Waals surface area (Å²) in [4.78, 5) is 55.3. The number of carboxylic acids is 1. The van der Waals surface area contributed by atoms with E-state index in [9.17, 15) is 19.2 Å². The molecule has 0 aliphatic carbocycles. The molecule has 6 aromatic rings. The number of hydrogen-bond donors (Lipinski definition) is 5. The molecule has 0 fully saturated rings. The van der Waals surface area contributed by atoms with Crippen molar-refractivity contribution in [2.45, 2.75) is 77.7 Å². The third-order valence-corrected chi connectivity index (χ3v) is 9.03. The fourth-order valence-electron chi connectivity index (χ4n) is 5.19. The Morgan fingerprint density at radius 1 is 0.684 bits per heavy atom. The van der Waals surface area contributed by atoms with Crippen LogP contribution in [-0.2, 0) is 19.1 Å². The Kier molecular flexibility index (Phi) is 15.5. The predicted octanol–water partition coefficient (Wildman–Crippen LogP) is 9.50. The third-order valence-electron chi connectivity index (χ3n) is 7.63. The molecule has 0 aliphatic rings. The number of nitrogen functional groups attached to an aromatic ring is 1. The number of amides is 3. The zero-order valence-electron chi connectivity index (χ0n) is 32.6. The number of fused-ring (bicyclic) bond motifs is 2. The lowest BCUT2D eigenvalue weighted by Gasteiger charge is -2.23. The summed E-state index contributed by atoms with van der Waals surface area (Å²) in [5.74, 6) is -1.16. The van der Waals surface area contributed by atoms with Gasteiger partial charge in [-0.05, 0) is 133 Å². The lowest BCUT2D eigenvalue weighted by molar-refractivity contribution is -0.137. The maximum Gasteiger partial charge on any atom is 0.408 e. The number of benzene rings is 2. The van der Waals surface area contributed by atoms with Crippen LogP contribution in [0.3, 0.4) is 0 Å². The molecule has 57 heavy (non-hydrogen) atoms. The highest BCUT2D eigenvalue weighted by atomic mass is 32.1. The first-order chi connectivity index (χ1) is 26.9. The van der Waals surface area contributed by atoms with Gasteiger partial charge in [0.15, 0.2) is 0 Å². The number of nitrogens with one attached hydrogen (secondary N) is 3. The van der Waals surface area contributed by atoms with E-state index in [-0.39, 0.29) is 18.7 Å². The Hall–Kier alpha value is -6.06. The number of nitrogens with zero attached hydrogens (tertiary/aromatic N) is 2. The van der Waals surface area contributed by atoms with Gasteiger partial charge in [0.2, 0.25) is 5.91 Å². The molecule has 2 atom stereocenters. The number of carbonyl (C=O) groups excluding carboxylic acids is 3. The number of aliphatic carboxylic acids is 1. The minimum Gasteiger partial charge on any atom is -0.481 e. The summed E-state index contributed by atoms with van der Waals surface area (Å²) in [5, 5.41) is 28.8. The van der Waals surface area contributed by atoms with E-state index in [1.54, 1.807) is 66.2 Å². The predicted molar refractivity (Wildman–Crippen MR) is 226 cm³/mol. The molecule has 0 radical (unpaired) electrons. The molecule has 0 saturated carbocycles. The average Bonchev–Trinajstić information content (AvgIpc) is 3.86. The maximum atomic E-state index is 12.6. The van der Waals surface area contributed by atoms with E-state index in [1.165, 1.54) is 22.7 Å². The van der Waals surface area contributed by atoms with Crippen molar-refractivity contribution < 1.29 is 33.8 Å². The van der Waals surface area contributed by atoms with Crippen LogP contribution in [-0.4, -0.2) is 50.3 Å². The normalized spacial score (nSPS) is 12.1. The monoisotopic (exact) mass is 812 g/mol. The molecule has 3 amide bonds. The first-order valence-electron chi connectivity index (χ1n) is 17.9. The first-order valence-corrected chi connectivity index (χ1v) is 19.8. The topological polar surface area (TPSA) is 195 Å². The summed E-state index contributed by atoms with van der Waals surface area (Å²) < 4.78 is 10.4. The zero-order chi connectivity index (χ0) is 41.6. The molecule has 0 spiro atoms. The van der Waals surface area contributed by atoms with Crippen LogP contribution in [0.25, 0.3) is 21.5 Å². The molecular weight excluding hydrogens is 765 g/mol. The molecule has 0 aliphatic heterocycles. The second-order valence-electron chi connectivity index (χ2n) is 14.8. The number of thiophene rings is 2. The van der Waals surface area contributed by atoms with Crippen molar-refractivity contribution in [2.75, 3.05) is 11.1 Å². The van der Waals surface area contributed by atoms with E-state index in [0.29, 0.717) is 5.69 Å². The second-order valence-corrected chi connectivity index (χ2v) is 16.3. The highest BCUT2D eigenvalue weighted by Gasteiger charge is 2.24. The quantitative estimate of drug-likeness (QED) is 0.0878. The van der Waals surface area contributed by atoms with Gasteiger partial charge in [-0.1, -0.05) is 12.1 Å². The van der Waals surface area contributed by atoms with Crippen molar-refractivity contribution in [2.24, 2.45) is 0 Å². The summed E-state index contributed by atoms with van der Waals surface area (Å²) in [6, 6.07) is 17.9. The lowest BCUT2D eigenvalue weighted by atomic mass is 10.1. The van der Waals surface area contributed by atoms with Gasteiger partial charge in [-0.3, -0.25) is 19.6 Å². The Balaban J connectivity index is 0.000000211. The van der Waals surface area contributed by atoms with Gasteiger partial charge in [0, 0.05) is 46.9 Å². The number of ether oxygens (including phenoxy) is 2. The molecule has 4 heterocycles. The summed E-state index contributed by atoms with van der Waals surface area (Å²) >= 11 is 2.96. The minimum absolute atomic E-state index is 0.102. The van der Waals surface area contributed by atoms with Crippen LogP contribution < -0.4 is 21.7 Å². The second kappa shape index (κ2) is 20.2. The standard InChI is InChI=1S/C21H23N3O3S.C12H17NO4S.C9H8N2/c1-21(2,3)27-20(26)24-18(16-7-9-28-13-16)11-19(25)23-17-5-4-15-12-22-8-6-14(15)10-17;1-12(2,3)17-11(16)13-9(6-10(14)15)8-4-5-18-7-8;10-9-2-1-8-6-11-4-3-7(8)5-9/h4-10,12-13,18H,11H2,1-3H3,(H,23,25)(H,24,26);4-5,7,9H,6H2,1-3H3,(H,13,16)(H,14,15);1-6H,10H2. The van der Waals surface area contributed by atoms with E-state index < -0.39 is 41.4 Å². The molecule has 0 saturated heterocycles. The van der Waals surface area contributed by atoms with Crippen LogP contribution in [0, 0.1) is 0 Å². The smallest absolute Gasteiger partial charge is 0.408 e. The SMILES string of the molecule is CC(C)(C)OC(=O)NC(CC(=O)Nc1ccc2cnccc2c1)c1ccsc1.CC(C)(C)OC(=O)NC(CC(=O)O)c1ccsc1.Nc1ccc2cnccc2c1. The van der Waals surface area contributed by atoms with E-state index >= 15 is 0 Å². The Morgan fingerprint density at radius 2 is 1.18 bits per heavy atom. The summed E-state index contributed by atoms with van der Waals surface area (Å²) in [6.45, 7) is 10.7. The number of pyridine rings is 2. The van der Waals surface area contributed by atoms with Crippen molar-refractivity contribution in [1.29, 1.82) is 0 Å². The Bertz CT molecular complexity index is 2230. The van der Waals surface area contributed by atoms with Crippen LogP contribution in [0.15, 0.2) is 107 Å². The molecule has 6 N–H and O–H groups in total. The third kappa shape index (κ3) is 15.5. The Morgan fingerprint density at radius 3 is 1.65 bits per heavy atom. The van der Waals surface area contributed by atoms with E-state index in [2.05, 4.69) is 25.9 Å². The number of aromatic nitrogens is 2. The van der Waals surface area contributed by atoms with Crippen LogP contribution in [0.5, 0.6) is 0 Å². The van der Waals surface area contributed by atoms with Crippen molar-refractivity contribution in [3.05, 3.63) is 118 Å². The Labute approximate surface area is 339 Å². The maximum absolute atomic E-state index is 12.6. The van der Waals surface area contributed by atoms with Gasteiger partial charge < -0.3 is 36.3 Å². The number of carbonyl (C=O) groups is 4. The molecule has 15 heteroatoms. The molecule has 2 aromatic carbocycles.